The van der Waals surface area contributed by atoms with Gasteiger partial charge in [0.15, 0.2) is 0 Å². The summed E-state index contributed by atoms with van der Waals surface area (Å²) in [6.45, 7) is 2.20. The number of aliphatic carboxylic acids is 1. The van der Waals surface area contributed by atoms with Crippen molar-refractivity contribution in [1.29, 1.82) is 0 Å². The van der Waals surface area contributed by atoms with E-state index in [9.17, 15) is 22.8 Å². The number of urea groups is 1. The minimum Gasteiger partial charge on any atom is -0.480 e. The molecule has 0 aromatic heterocycles. The molecule has 1 rings (SSSR count). The highest BCUT2D eigenvalue weighted by Gasteiger charge is 2.41. The Hall–Kier alpha value is -1.47. The molecule has 116 valence electrons. The maximum Gasteiger partial charge on any atom is 0.406 e. The summed E-state index contributed by atoms with van der Waals surface area (Å²) in [5.41, 5.74) is 0. The number of halogens is 3. The van der Waals surface area contributed by atoms with Crippen molar-refractivity contribution in [3.05, 3.63) is 0 Å². The topological polar surface area (TPSA) is 69.6 Å². The van der Waals surface area contributed by atoms with Gasteiger partial charge in [0.05, 0.1) is 0 Å². The molecule has 0 aromatic rings. The fourth-order valence-corrected chi connectivity index (χ4v) is 1.87. The average molecular weight is 296 g/mol. The molecular weight excluding hydrogens is 277 g/mol. The Morgan fingerprint density at radius 2 is 1.90 bits per heavy atom. The fourth-order valence-electron chi connectivity index (χ4n) is 1.87. The normalized spacial score (nSPS) is 16.9. The van der Waals surface area contributed by atoms with Crippen LogP contribution in [0.3, 0.4) is 0 Å². The second-order valence-electron chi connectivity index (χ2n) is 5.44. The Morgan fingerprint density at radius 1 is 1.35 bits per heavy atom. The Labute approximate surface area is 115 Å². The van der Waals surface area contributed by atoms with Crippen molar-refractivity contribution in [2.45, 2.75) is 51.4 Å². The van der Waals surface area contributed by atoms with Gasteiger partial charge in [0.2, 0.25) is 0 Å². The van der Waals surface area contributed by atoms with E-state index < -0.39 is 36.8 Å². The summed E-state index contributed by atoms with van der Waals surface area (Å²) in [5.74, 6) is -1.23. The number of alkyl halides is 3. The molecule has 5 nitrogen and oxygen atoms in total. The van der Waals surface area contributed by atoms with Gasteiger partial charge in [0.1, 0.15) is 12.6 Å². The summed E-state index contributed by atoms with van der Waals surface area (Å²) in [6, 6.07) is -2.57. The standard InChI is InChI=1S/C12H19F3N2O3/c1-7(2)5-9(10(18)19)16-11(20)17(8-3-4-8)6-12(13,14)15/h7-9H,3-6H2,1-2H3,(H,16,20)(H,18,19)/t9-/m1/s1. The molecule has 1 aliphatic carbocycles. The molecule has 0 radical (unpaired) electrons. The van der Waals surface area contributed by atoms with Crippen LogP contribution in [-0.4, -0.2) is 46.8 Å². The van der Waals surface area contributed by atoms with Gasteiger partial charge in [-0.25, -0.2) is 9.59 Å². The zero-order valence-corrected chi connectivity index (χ0v) is 11.4. The second-order valence-corrected chi connectivity index (χ2v) is 5.44. The third-order valence-electron chi connectivity index (χ3n) is 2.90. The molecule has 1 saturated carbocycles. The molecule has 1 fully saturated rings. The van der Waals surface area contributed by atoms with Gasteiger partial charge < -0.3 is 15.3 Å². The number of carbonyl (C=O) groups is 2. The zero-order valence-electron chi connectivity index (χ0n) is 11.4. The lowest BCUT2D eigenvalue weighted by atomic mass is 10.0. The lowest BCUT2D eigenvalue weighted by Crippen LogP contribution is -2.51. The number of hydrogen-bond donors (Lipinski definition) is 2. The SMILES string of the molecule is CC(C)C[C@@H](NC(=O)N(CC(F)(F)F)C1CC1)C(=O)O. The Balaban J connectivity index is 2.66. The molecule has 1 atom stereocenters. The number of rotatable bonds is 6. The molecule has 0 aliphatic heterocycles. The van der Waals surface area contributed by atoms with Crippen LogP contribution in [0.25, 0.3) is 0 Å². The van der Waals surface area contributed by atoms with Gasteiger partial charge in [-0.15, -0.1) is 0 Å². The number of nitrogens with one attached hydrogen (secondary N) is 1. The van der Waals surface area contributed by atoms with Crippen LogP contribution in [0.1, 0.15) is 33.1 Å². The van der Waals surface area contributed by atoms with Crippen LogP contribution in [0.15, 0.2) is 0 Å². The number of nitrogens with zero attached hydrogens (tertiary/aromatic N) is 1. The van der Waals surface area contributed by atoms with Gasteiger partial charge in [-0.2, -0.15) is 13.2 Å². The Bertz CT molecular complexity index is 367. The highest BCUT2D eigenvalue weighted by Crippen LogP contribution is 2.30. The minimum absolute atomic E-state index is 0.00777. The Morgan fingerprint density at radius 3 is 2.25 bits per heavy atom. The summed E-state index contributed by atoms with van der Waals surface area (Å²) >= 11 is 0. The van der Waals surface area contributed by atoms with Crippen molar-refractivity contribution < 1.29 is 27.9 Å². The molecule has 2 N–H and O–H groups in total. The van der Waals surface area contributed by atoms with Crippen molar-refractivity contribution in [2.24, 2.45) is 5.92 Å². The predicted molar refractivity (Wildman–Crippen MR) is 65.2 cm³/mol. The largest absolute Gasteiger partial charge is 0.480 e. The van der Waals surface area contributed by atoms with E-state index >= 15 is 0 Å². The first kappa shape index (κ1) is 16.6. The lowest BCUT2D eigenvalue weighted by Gasteiger charge is -2.26. The summed E-state index contributed by atoms with van der Waals surface area (Å²) in [4.78, 5) is 23.5. The number of carboxylic acids is 1. The predicted octanol–water partition coefficient (Wildman–Crippen LogP) is 2.22. The van der Waals surface area contributed by atoms with Crippen LogP contribution in [-0.2, 0) is 4.79 Å². The van der Waals surface area contributed by atoms with Crippen molar-refractivity contribution in [1.82, 2.24) is 10.2 Å². The van der Waals surface area contributed by atoms with Crippen LogP contribution in [0.2, 0.25) is 0 Å². The van der Waals surface area contributed by atoms with E-state index in [0.29, 0.717) is 17.7 Å². The summed E-state index contributed by atoms with van der Waals surface area (Å²) in [6.07, 6.45) is -3.28. The maximum absolute atomic E-state index is 12.4. The third-order valence-corrected chi connectivity index (χ3v) is 2.90. The third kappa shape index (κ3) is 5.66. The highest BCUT2D eigenvalue weighted by molar-refractivity contribution is 5.82. The van der Waals surface area contributed by atoms with E-state index in [1.165, 1.54) is 0 Å². The number of carboxylic acid groups (broad SMARTS) is 1. The monoisotopic (exact) mass is 296 g/mol. The summed E-state index contributed by atoms with van der Waals surface area (Å²) in [5, 5.41) is 11.2. The molecule has 0 saturated heterocycles. The van der Waals surface area contributed by atoms with Crippen LogP contribution < -0.4 is 5.32 Å². The maximum atomic E-state index is 12.4. The van der Waals surface area contributed by atoms with Crippen molar-refractivity contribution >= 4 is 12.0 Å². The molecule has 0 bridgehead atoms. The highest BCUT2D eigenvalue weighted by atomic mass is 19.4. The average Bonchev–Trinajstić information content (AvgIpc) is 3.06. The van der Waals surface area contributed by atoms with Crippen molar-refractivity contribution in [2.75, 3.05) is 6.54 Å². The summed E-state index contributed by atoms with van der Waals surface area (Å²) in [7, 11) is 0. The van der Waals surface area contributed by atoms with E-state index in [2.05, 4.69) is 5.32 Å². The van der Waals surface area contributed by atoms with E-state index in [-0.39, 0.29) is 12.3 Å². The van der Waals surface area contributed by atoms with Gasteiger partial charge in [0.25, 0.3) is 0 Å². The van der Waals surface area contributed by atoms with Crippen LogP contribution in [0.4, 0.5) is 18.0 Å². The molecule has 2 amide bonds. The summed E-state index contributed by atoms with van der Waals surface area (Å²) < 4.78 is 37.3. The molecule has 0 aromatic carbocycles. The van der Waals surface area contributed by atoms with Crippen LogP contribution in [0, 0.1) is 5.92 Å². The molecule has 20 heavy (non-hydrogen) atoms. The number of carbonyl (C=O) groups excluding carboxylic acids is 1. The van der Waals surface area contributed by atoms with Gasteiger partial charge in [0, 0.05) is 6.04 Å². The Kier molecular flexibility index (Phi) is 5.24. The van der Waals surface area contributed by atoms with E-state index in [4.69, 9.17) is 5.11 Å². The first-order valence-corrected chi connectivity index (χ1v) is 6.47. The van der Waals surface area contributed by atoms with E-state index in [1.807, 2.05) is 0 Å². The molecule has 8 heteroatoms. The van der Waals surface area contributed by atoms with Crippen LogP contribution in [0.5, 0.6) is 0 Å². The van der Waals surface area contributed by atoms with Gasteiger partial charge in [-0.3, -0.25) is 0 Å². The second kappa shape index (κ2) is 6.32. The van der Waals surface area contributed by atoms with E-state index in [0.717, 1.165) is 0 Å². The molecule has 0 unspecified atom stereocenters. The molecule has 0 heterocycles. The first-order chi connectivity index (χ1) is 9.10. The van der Waals surface area contributed by atoms with E-state index in [1.54, 1.807) is 13.8 Å². The van der Waals surface area contributed by atoms with Crippen molar-refractivity contribution in [3.8, 4) is 0 Å². The molecule has 1 aliphatic rings. The van der Waals surface area contributed by atoms with Crippen molar-refractivity contribution in [3.63, 3.8) is 0 Å². The lowest BCUT2D eigenvalue weighted by molar-refractivity contribution is -0.141. The molecule has 0 spiro atoms. The quantitative estimate of drug-likeness (QED) is 0.789. The first-order valence-electron chi connectivity index (χ1n) is 6.47. The molecular formula is C12H19F3N2O3. The van der Waals surface area contributed by atoms with Gasteiger partial charge >= 0.3 is 18.2 Å². The fraction of sp³-hybridized carbons (Fsp3) is 0.833. The smallest absolute Gasteiger partial charge is 0.406 e. The van der Waals surface area contributed by atoms with Crippen LogP contribution >= 0.6 is 0 Å². The van der Waals surface area contributed by atoms with Gasteiger partial charge in [-0.1, -0.05) is 13.8 Å². The van der Waals surface area contributed by atoms with Gasteiger partial charge in [-0.05, 0) is 25.2 Å². The number of amides is 2. The number of hydrogen-bond acceptors (Lipinski definition) is 2. The minimum atomic E-state index is -4.49. The zero-order chi connectivity index (χ0) is 15.5.